The number of carbonyl (C=O) groups excluding carboxylic acids is 2. The fourth-order valence-electron chi connectivity index (χ4n) is 2.95. The van der Waals surface area contributed by atoms with E-state index in [-0.39, 0.29) is 11.7 Å². The Bertz CT molecular complexity index is 739. The normalized spacial score (nSPS) is 19.5. The molecule has 0 aromatic heterocycles. The molecule has 0 saturated heterocycles. The summed E-state index contributed by atoms with van der Waals surface area (Å²) in [7, 11) is 0. The van der Waals surface area contributed by atoms with Crippen molar-refractivity contribution in [3.63, 3.8) is 0 Å². The number of carbonyl (C=O) groups is 2. The molecule has 4 heteroatoms. The van der Waals surface area contributed by atoms with Gasteiger partial charge < -0.3 is 10.4 Å². The van der Waals surface area contributed by atoms with Crippen molar-refractivity contribution >= 4 is 11.7 Å². The van der Waals surface area contributed by atoms with E-state index < -0.39 is 12.1 Å². The largest absolute Gasteiger partial charge is 0.390 e. The van der Waals surface area contributed by atoms with Crippen LogP contribution in [0.4, 0.5) is 0 Å². The Hall–Kier alpha value is -2.46. The molecule has 0 spiro atoms. The summed E-state index contributed by atoms with van der Waals surface area (Å²) in [5.41, 5.74) is 2.70. The van der Waals surface area contributed by atoms with Crippen molar-refractivity contribution in [2.75, 3.05) is 0 Å². The van der Waals surface area contributed by atoms with Crippen LogP contribution < -0.4 is 5.32 Å². The molecule has 22 heavy (non-hydrogen) atoms. The first-order valence-corrected chi connectivity index (χ1v) is 7.24. The van der Waals surface area contributed by atoms with E-state index in [4.69, 9.17) is 0 Å². The van der Waals surface area contributed by atoms with Crippen molar-refractivity contribution < 1.29 is 14.7 Å². The number of nitrogens with one attached hydrogen (secondary N) is 1. The zero-order valence-corrected chi connectivity index (χ0v) is 12.2. The van der Waals surface area contributed by atoms with Crippen LogP contribution in [-0.2, 0) is 6.42 Å². The standard InChI is InChI=1S/C18H17NO3/c1-11(20)13-7-4-5-9-15(13)18(22)19-17-14-8-3-2-6-12(14)10-16(17)21/h2-9,16-17,21H,10H2,1H3,(H,19,22). The van der Waals surface area contributed by atoms with Crippen LogP contribution in [0, 0.1) is 0 Å². The van der Waals surface area contributed by atoms with E-state index in [1.54, 1.807) is 24.3 Å². The fourth-order valence-corrected chi connectivity index (χ4v) is 2.95. The maximum atomic E-state index is 12.5. The first kappa shape index (κ1) is 14.5. The second-order valence-corrected chi connectivity index (χ2v) is 5.52. The van der Waals surface area contributed by atoms with Crippen molar-refractivity contribution in [2.45, 2.75) is 25.5 Å². The molecule has 1 aliphatic rings. The Morgan fingerprint density at radius 3 is 2.41 bits per heavy atom. The van der Waals surface area contributed by atoms with Crippen LogP contribution in [-0.4, -0.2) is 22.9 Å². The lowest BCUT2D eigenvalue weighted by Crippen LogP contribution is -2.34. The molecule has 0 fully saturated rings. The predicted molar refractivity (Wildman–Crippen MR) is 82.8 cm³/mol. The summed E-state index contributed by atoms with van der Waals surface area (Å²) in [6.45, 7) is 1.44. The number of aliphatic hydroxyl groups excluding tert-OH is 1. The van der Waals surface area contributed by atoms with E-state index >= 15 is 0 Å². The molecule has 0 heterocycles. The maximum Gasteiger partial charge on any atom is 0.252 e. The number of hydrogen-bond donors (Lipinski definition) is 2. The molecule has 2 N–H and O–H groups in total. The fraction of sp³-hybridized carbons (Fsp3) is 0.222. The topological polar surface area (TPSA) is 66.4 Å². The summed E-state index contributed by atoms with van der Waals surface area (Å²) in [6, 6.07) is 13.9. The minimum atomic E-state index is -0.647. The number of amides is 1. The molecular formula is C18H17NO3. The number of ketones is 1. The van der Waals surface area contributed by atoms with Gasteiger partial charge in [0.05, 0.1) is 17.7 Å². The van der Waals surface area contributed by atoms with Crippen LogP contribution in [0.5, 0.6) is 0 Å². The molecule has 0 bridgehead atoms. The SMILES string of the molecule is CC(=O)c1ccccc1C(=O)NC1c2ccccc2CC1O. The quantitative estimate of drug-likeness (QED) is 0.854. The van der Waals surface area contributed by atoms with Crippen molar-refractivity contribution in [1.29, 1.82) is 0 Å². The molecule has 2 aromatic carbocycles. The lowest BCUT2D eigenvalue weighted by atomic mass is 10.0. The van der Waals surface area contributed by atoms with Gasteiger partial charge in [-0.1, -0.05) is 42.5 Å². The zero-order valence-electron chi connectivity index (χ0n) is 12.2. The van der Waals surface area contributed by atoms with Gasteiger partial charge >= 0.3 is 0 Å². The first-order chi connectivity index (χ1) is 10.6. The third-order valence-corrected chi connectivity index (χ3v) is 4.04. The van der Waals surface area contributed by atoms with Crippen LogP contribution in [0.3, 0.4) is 0 Å². The summed E-state index contributed by atoms with van der Waals surface area (Å²) in [5.74, 6) is -0.496. The van der Waals surface area contributed by atoms with Crippen molar-refractivity contribution in [1.82, 2.24) is 5.32 Å². The van der Waals surface area contributed by atoms with Gasteiger partial charge in [0.25, 0.3) is 5.91 Å². The molecule has 0 radical (unpaired) electrons. The van der Waals surface area contributed by atoms with Crippen molar-refractivity contribution in [3.8, 4) is 0 Å². The van der Waals surface area contributed by atoms with Gasteiger partial charge in [0, 0.05) is 12.0 Å². The van der Waals surface area contributed by atoms with Gasteiger partial charge in [-0.2, -0.15) is 0 Å². The van der Waals surface area contributed by atoms with E-state index in [0.717, 1.165) is 11.1 Å². The average Bonchev–Trinajstić information content (AvgIpc) is 2.83. The van der Waals surface area contributed by atoms with E-state index in [9.17, 15) is 14.7 Å². The minimum Gasteiger partial charge on any atom is -0.390 e. The van der Waals surface area contributed by atoms with Crippen molar-refractivity contribution in [2.24, 2.45) is 0 Å². The summed E-state index contributed by atoms with van der Waals surface area (Å²) in [6.07, 6.45) is -0.124. The van der Waals surface area contributed by atoms with E-state index in [0.29, 0.717) is 17.5 Å². The predicted octanol–water partition coefficient (Wildman–Crippen LogP) is 2.28. The van der Waals surface area contributed by atoms with Gasteiger partial charge in [0.1, 0.15) is 0 Å². The van der Waals surface area contributed by atoms with Gasteiger partial charge in [0.15, 0.2) is 5.78 Å². The molecular weight excluding hydrogens is 278 g/mol. The van der Waals surface area contributed by atoms with Gasteiger partial charge in [-0.25, -0.2) is 0 Å². The summed E-state index contributed by atoms with van der Waals surface area (Å²) in [5, 5.41) is 13.1. The highest BCUT2D eigenvalue weighted by Gasteiger charge is 2.32. The molecule has 2 unspecified atom stereocenters. The van der Waals surface area contributed by atoms with Gasteiger partial charge in [-0.3, -0.25) is 9.59 Å². The van der Waals surface area contributed by atoms with Crippen molar-refractivity contribution in [3.05, 3.63) is 70.8 Å². The summed E-state index contributed by atoms with van der Waals surface area (Å²) >= 11 is 0. The highest BCUT2D eigenvalue weighted by molar-refractivity contribution is 6.07. The van der Waals surface area contributed by atoms with Gasteiger partial charge in [-0.15, -0.1) is 0 Å². The maximum absolute atomic E-state index is 12.5. The molecule has 1 aliphatic carbocycles. The number of rotatable bonds is 3. The highest BCUT2D eigenvalue weighted by atomic mass is 16.3. The Balaban J connectivity index is 1.88. The number of hydrogen-bond acceptors (Lipinski definition) is 3. The smallest absolute Gasteiger partial charge is 0.252 e. The van der Waals surface area contributed by atoms with Crippen LogP contribution in [0.25, 0.3) is 0 Å². The van der Waals surface area contributed by atoms with Gasteiger partial charge in [-0.05, 0) is 24.1 Å². The molecule has 4 nitrogen and oxygen atoms in total. The molecule has 0 aliphatic heterocycles. The summed E-state index contributed by atoms with van der Waals surface area (Å²) < 4.78 is 0. The molecule has 2 atom stereocenters. The number of aliphatic hydroxyl groups is 1. The average molecular weight is 295 g/mol. The molecule has 1 amide bonds. The molecule has 112 valence electrons. The van der Waals surface area contributed by atoms with E-state index in [1.165, 1.54) is 6.92 Å². The van der Waals surface area contributed by atoms with Gasteiger partial charge in [0.2, 0.25) is 0 Å². The van der Waals surface area contributed by atoms with E-state index in [1.807, 2.05) is 24.3 Å². The minimum absolute atomic E-state index is 0.155. The third kappa shape index (κ3) is 2.53. The molecule has 3 rings (SSSR count). The Morgan fingerprint density at radius 1 is 1.05 bits per heavy atom. The van der Waals surface area contributed by atoms with Crippen LogP contribution in [0.15, 0.2) is 48.5 Å². The van der Waals surface area contributed by atoms with Crippen LogP contribution in [0.1, 0.15) is 44.8 Å². The number of Topliss-reactive ketones (excluding diaryl/α,β-unsaturated/α-hetero) is 1. The lowest BCUT2D eigenvalue weighted by molar-refractivity contribution is 0.0852. The number of benzene rings is 2. The lowest BCUT2D eigenvalue weighted by Gasteiger charge is -2.18. The highest BCUT2D eigenvalue weighted by Crippen LogP contribution is 2.31. The number of fused-ring (bicyclic) bond motifs is 1. The van der Waals surface area contributed by atoms with E-state index in [2.05, 4.69) is 5.32 Å². The van der Waals surface area contributed by atoms with Crippen LogP contribution >= 0.6 is 0 Å². The second-order valence-electron chi connectivity index (χ2n) is 5.52. The Kier molecular flexibility index (Phi) is 3.77. The molecule has 2 aromatic rings. The first-order valence-electron chi connectivity index (χ1n) is 7.24. The summed E-state index contributed by atoms with van der Waals surface area (Å²) in [4.78, 5) is 24.1. The third-order valence-electron chi connectivity index (χ3n) is 4.04. The van der Waals surface area contributed by atoms with Crippen LogP contribution in [0.2, 0.25) is 0 Å². The Labute approximate surface area is 128 Å². The second kappa shape index (κ2) is 5.73. The molecule has 0 saturated carbocycles. The zero-order chi connectivity index (χ0) is 15.7. The Morgan fingerprint density at radius 2 is 1.68 bits per heavy atom. The monoisotopic (exact) mass is 295 g/mol.